The summed E-state index contributed by atoms with van der Waals surface area (Å²) >= 11 is 0. The zero-order valence-electron chi connectivity index (χ0n) is 12.6. The van der Waals surface area contributed by atoms with Crippen molar-refractivity contribution >= 4 is 11.0 Å². The van der Waals surface area contributed by atoms with Crippen LogP contribution in [0.25, 0.3) is 11.0 Å². The van der Waals surface area contributed by atoms with Crippen LogP contribution in [0.4, 0.5) is 8.78 Å². The van der Waals surface area contributed by atoms with E-state index in [9.17, 15) is 8.78 Å². The molecule has 21 heavy (non-hydrogen) atoms. The van der Waals surface area contributed by atoms with E-state index in [1.807, 2.05) is 4.57 Å². The van der Waals surface area contributed by atoms with Crippen molar-refractivity contribution in [3.05, 3.63) is 29.6 Å². The molecule has 0 aliphatic carbocycles. The van der Waals surface area contributed by atoms with Gasteiger partial charge in [0.2, 0.25) is 0 Å². The number of aromatic nitrogens is 2. The SMILES string of the molecule is CCN(CC)Cc1nc2cc(F)c(F)cc2n1CCCN. The maximum absolute atomic E-state index is 13.5. The smallest absolute Gasteiger partial charge is 0.161 e. The lowest BCUT2D eigenvalue weighted by atomic mass is 10.3. The Bertz CT molecular complexity index is 605. The number of benzene rings is 1. The highest BCUT2D eigenvalue weighted by Crippen LogP contribution is 2.21. The second kappa shape index (κ2) is 6.95. The van der Waals surface area contributed by atoms with Gasteiger partial charge in [0.15, 0.2) is 11.6 Å². The predicted octanol–water partition coefficient (Wildman–Crippen LogP) is 2.51. The first-order chi connectivity index (χ1) is 10.1. The third kappa shape index (κ3) is 3.39. The molecule has 0 aliphatic heterocycles. The number of aryl methyl sites for hydroxylation is 1. The molecule has 2 rings (SSSR count). The Kier molecular flexibility index (Phi) is 5.25. The molecule has 1 aromatic carbocycles. The summed E-state index contributed by atoms with van der Waals surface area (Å²) in [5.41, 5.74) is 6.69. The number of nitrogens with zero attached hydrogens (tertiary/aromatic N) is 3. The number of hydrogen-bond acceptors (Lipinski definition) is 3. The number of fused-ring (bicyclic) bond motifs is 1. The molecule has 0 radical (unpaired) electrons. The second-order valence-electron chi connectivity index (χ2n) is 5.04. The molecule has 0 amide bonds. The molecule has 0 atom stereocenters. The molecule has 0 bridgehead atoms. The van der Waals surface area contributed by atoms with Gasteiger partial charge in [-0.1, -0.05) is 13.8 Å². The Morgan fingerprint density at radius 3 is 2.48 bits per heavy atom. The molecule has 2 aromatic rings. The Balaban J connectivity index is 2.46. The van der Waals surface area contributed by atoms with Gasteiger partial charge in [0, 0.05) is 18.7 Å². The van der Waals surface area contributed by atoms with Crippen LogP contribution in [0.5, 0.6) is 0 Å². The van der Waals surface area contributed by atoms with Gasteiger partial charge in [-0.2, -0.15) is 0 Å². The first-order valence-electron chi connectivity index (χ1n) is 7.37. The van der Waals surface area contributed by atoms with Crippen LogP contribution in [0.1, 0.15) is 26.1 Å². The molecule has 6 heteroatoms. The van der Waals surface area contributed by atoms with Crippen LogP contribution in [-0.4, -0.2) is 34.1 Å². The average molecular weight is 296 g/mol. The van der Waals surface area contributed by atoms with Crippen LogP contribution in [-0.2, 0) is 13.1 Å². The molecular formula is C15H22F2N4. The zero-order valence-corrected chi connectivity index (χ0v) is 12.6. The summed E-state index contributed by atoms with van der Waals surface area (Å²) in [6, 6.07) is 2.38. The molecule has 116 valence electrons. The molecule has 2 N–H and O–H groups in total. The number of halogens is 2. The zero-order chi connectivity index (χ0) is 15.4. The molecule has 1 aromatic heterocycles. The summed E-state index contributed by atoms with van der Waals surface area (Å²) in [6.45, 7) is 7.84. The summed E-state index contributed by atoms with van der Waals surface area (Å²) in [6.07, 6.45) is 0.774. The van der Waals surface area contributed by atoms with E-state index in [0.29, 0.717) is 30.7 Å². The summed E-state index contributed by atoms with van der Waals surface area (Å²) in [7, 11) is 0. The highest BCUT2D eigenvalue weighted by atomic mass is 19.2. The summed E-state index contributed by atoms with van der Waals surface area (Å²) in [5, 5.41) is 0. The fourth-order valence-electron chi connectivity index (χ4n) is 2.44. The monoisotopic (exact) mass is 296 g/mol. The molecular weight excluding hydrogens is 274 g/mol. The van der Waals surface area contributed by atoms with E-state index < -0.39 is 11.6 Å². The van der Waals surface area contributed by atoms with Gasteiger partial charge >= 0.3 is 0 Å². The molecule has 0 fully saturated rings. The van der Waals surface area contributed by atoms with Crippen molar-refractivity contribution in [2.24, 2.45) is 5.73 Å². The minimum absolute atomic E-state index is 0.494. The Morgan fingerprint density at radius 2 is 1.86 bits per heavy atom. The fourth-order valence-corrected chi connectivity index (χ4v) is 2.44. The Morgan fingerprint density at radius 1 is 1.19 bits per heavy atom. The first-order valence-corrected chi connectivity index (χ1v) is 7.37. The topological polar surface area (TPSA) is 47.1 Å². The van der Waals surface area contributed by atoms with Gasteiger partial charge in [0.1, 0.15) is 5.82 Å². The lowest BCUT2D eigenvalue weighted by Crippen LogP contribution is -2.24. The largest absolute Gasteiger partial charge is 0.330 e. The molecule has 0 aliphatic rings. The third-order valence-electron chi connectivity index (χ3n) is 3.71. The molecule has 0 unspecified atom stereocenters. The van der Waals surface area contributed by atoms with Crippen molar-refractivity contribution in [2.45, 2.75) is 33.4 Å². The van der Waals surface area contributed by atoms with Crippen LogP contribution < -0.4 is 5.73 Å². The Hall–Kier alpha value is -1.53. The van der Waals surface area contributed by atoms with Crippen LogP contribution >= 0.6 is 0 Å². The van der Waals surface area contributed by atoms with Gasteiger partial charge in [-0.15, -0.1) is 0 Å². The van der Waals surface area contributed by atoms with Gasteiger partial charge in [0.25, 0.3) is 0 Å². The van der Waals surface area contributed by atoms with E-state index in [1.54, 1.807) is 0 Å². The lowest BCUT2D eigenvalue weighted by molar-refractivity contribution is 0.284. The highest BCUT2D eigenvalue weighted by molar-refractivity contribution is 5.76. The third-order valence-corrected chi connectivity index (χ3v) is 3.71. The highest BCUT2D eigenvalue weighted by Gasteiger charge is 2.15. The van der Waals surface area contributed by atoms with E-state index in [-0.39, 0.29) is 0 Å². The lowest BCUT2D eigenvalue weighted by Gasteiger charge is -2.18. The fraction of sp³-hybridized carbons (Fsp3) is 0.533. The molecule has 1 heterocycles. The van der Waals surface area contributed by atoms with Gasteiger partial charge in [-0.3, -0.25) is 4.90 Å². The summed E-state index contributed by atoms with van der Waals surface area (Å²) < 4.78 is 28.8. The molecule has 0 saturated heterocycles. The average Bonchev–Trinajstić information content (AvgIpc) is 2.79. The molecule has 0 saturated carbocycles. The number of rotatable bonds is 7. The molecule has 0 spiro atoms. The van der Waals surface area contributed by atoms with Crippen LogP contribution in [0, 0.1) is 11.6 Å². The van der Waals surface area contributed by atoms with E-state index in [1.165, 1.54) is 6.07 Å². The van der Waals surface area contributed by atoms with Crippen LogP contribution in [0.2, 0.25) is 0 Å². The summed E-state index contributed by atoms with van der Waals surface area (Å²) in [5.74, 6) is -0.877. The van der Waals surface area contributed by atoms with Crippen molar-refractivity contribution in [1.82, 2.24) is 14.5 Å². The summed E-state index contributed by atoms with van der Waals surface area (Å²) in [4.78, 5) is 6.69. The van der Waals surface area contributed by atoms with E-state index in [4.69, 9.17) is 5.73 Å². The molecule has 4 nitrogen and oxygen atoms in total. The quantitative estimate of drug-likeness (QED) is 0.854. The van der Waals surface area contributed by atoms with Crippen molar-refractivity contribution in [3.8, 4) is 0 Å². The Labute approximate surface area is 123 Å². The standard InChI is InChI=1S/C15H22F2N4/c1-3-20(4-2)10-15-19-13-8-11(16)12(17)9-14(13)21(15)7-5-6-18/h8-9H,3-7,10,18H2,1-2H3. The van der Waals surface area contributed by atoms with E-state index >= 15 is 0 Å². The van der Waals surface area contributed by atoms with Crippen molar-refractivity contribution in [3.63, 3.8) is 0 Å². The van der Waals surface area contributed by atoms with Gasteiger partial charge in [-0.25, -0.2) is 13.8 Å². The van der Waals surface area contributed by atoms with Crippen molar-refractivity contribution in [2.75, 3.05) is 19.6 Å². The van der Waals surface area contributed by atoms with E-state index in [0.717, 1.165) is 31.4 Å². The minimum Gasteiger partial charge on any atom is -0.330 e. The number of hydrogen-bond donors (Lipinski definition) is 1. The van der Waals surface area contributed by atoms with Gasteiger partial charge in [-0.05, 0) is 26.1 Å². The van der Waals surface area contributed by atoms with E-state index in [2.05, 4.69) is 23.7 Å². The second-order valence-corrected chi connectivity index (χ2v) is 5.04. The van der Waals surface area contributed by atoms with Crippen LogP contribution in [0.15, 0.2) is 12.1 Å². The predicted molar refractivity (Wildman–Crippen MR) is 79.9 cm³/mol. The van der Waals surface area contributed by atoms with Gasteiger partial charge < -0.3 is 10.3 Å². The van der Waals surface area contributed by atoms with Crippen LogP contribution in [0.3, 0.4) is 0 Å². The maximum Gasteiger partial charge on any atom is 0.161 e. The minimum atomic E-state index is -0.861. The van der Waals surface area contributed by atoms with Gasteiger partial charge in [0.05, 0.1) is 17.6 Å². The number of nitrogens with two attached hydrogens (primary N) is 1. The van der Waals surface area contributed by atoms with Crippen molar-refractivity contribution < 1.29 is 8.78 Å². The van der Waals surface area contributed by atoms with Crippen molar-refractivity contribution in [1.29, 1.82) is 0 Å². The maximum atomic E-state index is 13.5. The first kappa shape index (κ1) is 15.9. The number of imidazole rings is 1. The normalized spacial score (nSPS) is 11.7.